The second-order valence-corrected chi connectivity index (χ2v) is 6.72. The number of aromatic nitrogens is 3. The number of rotatable bonds is 6. The summed E-state index contributed by atoms with van der Waals surface area (Å²) in [6.07, 6.45) is 0. The molecule has 142 valence electrons. The van der Waals surface area contributed by atoms with E-state index in [1.165, 1.54) is 4.90 Å². The number of carbonyl (C=O) groups is 1. The van der Waals surface area contributed by atoms with Gasteiger partial charge >= 0.3 is 6.03 Å². The summed E-state index contributed by atoms with van der Waals surface area (Å²) in [6, 6.07) is 10.7. The first-order valence-electron chi connectivity index (χ1n) is 8.80. The summed E-state index contributed by atoms with van der Waals surface area (Å²) >= 11 is 0. The Morgan fingerprint density at radius 3 is 2.56 bits per heavy atom. The van der Waals surface area contributed by atoms with Gasteiger partial charge in [0.25, 0.3) is 0 Å². The summed E-state index contributed by atoms with van der Waals surface area (Å²) in [4.78, 5) is 18.3. The second-order valence-electron chi connectivity index (χ2n) is 6.72. The highest BCUT2D eigenvalue weighted by molar-refractivity contribution is 5.74. The molecule has 8 nitrogen and oxygen atoms in total. The summed E-state index contributed by atoms with van der Waals surface area (Å²) in [5.41, 5.74) is 1.72. The van der Waals surface area contributed by atoms with Gasteiger partial charge in [0, 0.05) is 18.7 Å². The van der Waals surface area contributed by atoms with Crippen molar-refractivity contribution in [3.63, 3.8) is 0 Å². The van der Waals surface area contributed by atoms with E-state index in [0.29, 0.717) is 24.0 Å². The molecule has 8 heteroatoms. The molecule has 3 rings (SSSR count). The van der Waals surface area contributed by atoms with Crippen LogP contribution in [0.4, 0.5) is 4.79 Å². The number of benzene rings is 1. The average molecular weight is 369 g/mol. The molecule has 0 bridgehead atoms. The molecule has 0 aliphatic rings. The number of hydrogen-bond donors (Lipinski definition) is 1. The van der Waals surface area contributed by atoms with Crippen molar-refractivity contribution in [2.45, 2.75) is 39.3 Å². The summed E-state index contributed by atoms with van der Waals surface area (Å²) in [5, 5.41) is 10.8. The standard InChI is InChI=1S/C19H23N5O3/c1-12(2)16-10-15(26-22-16)11-24(4)19(25)20-13(3)18-21-17(23-27-18)14-8-6-5-7-9-14/h5-10,12-13H,11H2,1-4H3,(H,20,25). The molecule has 0 aliphatic carbocycles. The lowest BCUT2D eigenvalue weighted by atomic mass is 10.1. The zero-order valence-corrected chi connectivity index (χ0v) is 15.8. The maximum absolute atomic E-state index is 12.4. The van der Waals surface area contributed by atoms with E-state index in [1.807, 2.05) is 50.2 Å². The van der Waals surface area contributed by atoms with Gasteiger partial charge in [0.2, 0.25) is 11.7 Å². The number of urea groups is 1. The summed E-state index contributed by atoms with van der Waals surface area (Å²) < 4.78 is 10.6. The first kappa shape index (κ1) is 18.6. The molecule has 1 unspecified atom stereocenters. The van der Waals surface area contributed by atoms with Crippen LogP contribution in [-0.4, -0.2) is 33.3 Å². The lowest BCUT2D eigenvalue weighted by molar-refractivity contribution is 0.194. The molecular weight excluding hydrogens is 346 g/mol. The van der Waals surface area contributed by atoms with Gasteiger partial charge in [-0.1, -0.05) is 54.5 Å². The summed E-state index contributed by atoms with van der Waals surface area (Å²) in [6.45, 7) is 6.18. The van der Waals surface area contributed by atoms with Crippen molar-refractivity contribution >= 4 is 6.03 Å². The van der Waals surface area contributed by atoms with Gasteiger partial charge in [0.15, 0.2) is 5.76 Å². The lowest BCUT2D eigenvalue weighted by Crippen LogP contribution is -2.38. The SMILES string of the molecule is CC(C)c1cc(CN(C)C(=O)NC(C)c2nc(-c3ccccc3)no2)on1. The van der Waals surface area contributed by atoms with E-state index in [4.69, 9.17) is 9.05 Å². The van der Waals surface area contributed by atoms with Crippen molar-refractivity contribution in [1.82, 2.24) is 25.5 Å². The predicted octanol–water partition coefficient (Wildman–Crippen LogP) is 3.75. The first-order valence-corrected chi connectivity index (χ1v) is 8.80. The molecule has 1 N–H and O–H groups in total. The molecule has 0 radical (unpaired) electrons. The molecule has 0 spiro atoms. The van der Waals surface area contributed by atoms with Crippen molar-refractivity contribution in [2.75, 3.05) is 7.05 Å². The number of amides is 2. The number of nitrogens with zero attached hydrogens (tertiary/aromatic N) is 4. The van der Waals surface area contributed by atoms with E-state index < -0.39 is 6.04 Å². The van der Waals surface area contributed by atoms with Crippen molar-refractivity contribution in [3.8, 4) is 11.4 Å². The Morgan fingerprint density at radius 1 is 1.15 bits per heavy atom. The Balaban J connectivity index is 1.59. The molecule has 3 aromatic rings. The van der Waals surface area contributed by atoms with Gasteiger partial charge < -0.3 is 19.3 Å². The van der Waals surface area contributed by atoms with E-state index >= 15 is 0 Å². The molecule has 0 fully saturated rings. The van der Waals surface area contributed by atoms with Crippen LogP contribution in [0.2, 0.25) is 0 Å². The third kappa shape index (κ3) is 4.52. The van der Waals surface area contributed by atoms with Crippen molar-refractivity contribution < 1.29 is 13.8 Å². The maximum Gasteiger partial charge on any atom is 0.318 e. The fourth-order valence-electron chi connectivity index (χ4n) is 2.45. The zero-order chi connectivity index (χ0) is 19.4. The molecule has 2 aromatic heterocycles. The van der Waals surface area contributed by atoms with Crippen LogP contribution in [0.3, 0.4) is 0 Å². The minimum atomic E-state index is -0.425. The predicted molar refractivity (Wildman–Crippen MR) is 98.7 cm³/mol. The molecule has 0 aliphatic heterocycles. The van der Waals surface area contributed by atoms with Gasteiger partial charge in [0.1, 0.15) is 6.04 Å². The van der Waals surface area contributed by atoms with E-state index in [0.717, 1.165) is 11.3 Å². The monoisotopic (exact) mass is 369 g/mol. The van der Waals surface area contributed by atoms with Crippen molar-refractivity contribution in [3.05, 3.63) is 53.7 Å². The number of nitrogens with one attached hydrogen (secondary N) is 1. The Bertz CT molecular complexity index is 888. The second kappa shape index (κ2) is 8.03. The van der Waals surface area contributed by atoms with E-state index in [-0.39, 0.29) is 11.9 Å². The van der Waals surface area contributed by atoms with E-state index in [2.05, 4.69) is 20.6 Å². The lowest BCUT2D eigenvalue weighted by Gasteiger charge is -2.18. The molecular formula is C19H23N5O3. The Morgan fingerprint density at radius 2 is 1.89 bits per heavy atom. The first-order chi connectivity index (χ1) is 12.9. The van der Waals surface area contributed by atoms with Gasteiger partial charge in [-0.2, -0.15) is 4.98 Å². The molecule has 1 atom stereocenters. The van der Waals surface area contributed by atoms with Crippen LogP contribution in [0, 0.1) is 0 Å². The van der Waals surface area contributed by atoms with Crippen LogP contribution in [0.5, 0.6) is 0 Å². The quantitative estimate of drug-likeness (QED) is 0.711. The molecule has 2 amide bonds. The van der Waals surface area contributed by atoms with Crippen LogP contribution >= 0.6 is 0 Å². The van der Waals surface area contributed by atoms with Crippen molar-refractivity contribution in [1.29, 1.82) is 0 Å². The fraction of sp³-hybridized carbons (Fsp3) is 0.368. The molecule has 0 saturated carbocycles. The molecule has 1 aromatic carbocycles. The van der Waals surface area contributed by atoms with Gasteiger partial charge in [-0.25, -0.2) is 4.79 Å². The highest BCUT2D eigenvalue weighted by Crippen LogP contribution is 2.19. The van der Waals surface area contributed by atoms with Crippen LogP contribution in [-0.2, 0) is 6.54 Å². The van der Waals surface area contributed by atoms with Gasteiger partial charge in [-0.3, -0.25) is 0 Å². The normalized spacial score (nSPS) is 12.2. The number of carbonyl (C=O) groups excluding carboxylic acids is 1. The van der Waals surface area contributed by atoms with Crippen LogP contribution < -0.4 is 5.32 Å². The third-order valence-corrected chi connectivity index (χ3v) is 4.09. The smallest absolute Gasteiger partial charge is 0.318 e. The summed E-state index contributed by atoms with van der Waals surface area (Å²) in [5.74, 6) is 1.74. The van der Waals surface area contributed by atoms with Gasteiger partial charge in [-0.05, 0) is 12.8 Å². The van der Waals surface area contributed by atoms with Gasteiger partial charge in [-0.15, -0.1) is 0 Å². The van der Waals surface area contributed by atoms with Crippen LogP contribution in [0.1, 0.15) is 50.1 Å². The summed E-state index contributed by atoms with van der Waals surface area (Å²) in [7, 11) is 1.68. The minimum Gasteiger partial charge on any atom is -0.359 e. The van der Waals surface area contributed by atoms with E-state index in [9.17, 15) is 4.79 Å². The topological polar surface area (TPSA) is 97.3 Å². The highest BCUT2D eigenvalue weighted by Gasteiger charge is 2.20. The van der Waals surface area contributed by atoms with Crippen molar-refractivity contribution in [2.24, 2.45) is 0 Å². The molecule has 0 saturated heterocycles. The third-order valence-electron chi connectivity index (χ3n) is 4.09. The fourth-order valence-corrected chi connectivity index (χ4v) is 2.45. The maximum atomic E-state index is 12.4. The minimum absolute atomic E-state index is 0.274. The van der Waals surface area contributed by atoms with Crippen LogP contribution in [0.25, 0.3) is 11.4 Å². The Hall–Kier alpha value is -3.16. The van der Waals surface area contributed by atoms with E-state index in [1.54, 1.807) is 14.0 Å². The Labute approximate surface area is 157 Å². The molecule has 27 heavy (non-hydrogen) atoms. The van der Waals surface area contributed by atoms with Gasteiger partial charge in [0.05, 0.1) is 12.2 Å². The Kier molecular flexibility index (Phi) is 5.54. The largest absolute Gasteiger partial charge is 0.359 e. The van der Waals surface area contributed by atoms with Crippen LogP contribution in [0.15, 0.2) is 45.4 Å². The highest BCUT2D eigenvalue weighted by atomic mass is 16.5. The zero-order valence-electron chi connectivity index (χ0n) is 15.8. The average Bonchev–Trinajstić information content (AvgIpc) is 3.32. The molecule has 2 heterocycles. The number of hydrogen-bond acceptors (Lipinski definition) is 6.